The van der Waals surface area contributed by atoms with Crippen molar-refractivity contribution < 1.29 is 19.1 Å². The summed E-state index contributed by atoms with van der Waals surface area (Å²) in [5, 5.41) is 6.40. The smallest absolute Gasteiger partial charge is 0.354 e. The molecule has 25 heavy (non-hydrogen) atoms. The molecule has 0 bridgehead atoms. The number of rotatable bonds is 4. The number of carbonyl (C=O) groups excluding carboxylic acids is 2. The summed E-state index contributed by atoms with van der Waals surface area (Å²) >= 11 is 12.2. The summed E-state index contributed by atoms with van der Waals surface area (Å²) in [5.74, 6) is -1.06. The molecule has 2 rings (SSSR count). The van der Waals surface area contributed by atoms with Crippen LogP contribution in [0.1, 0.15) is 34.1 Å². The van der Waals surface area contributed by atoms with Gasteiger partial charge < -0.3 is 9.47 Å². The van der Waals surface area contributed by atoms with Gasteiger partial charge in [0.15, 0.2) is 6.04 Å². The Bertz CT molecular complexity index is 713. The number of hydrogen-bond donors (Lipinski definition) is 0. The lowest BCUT2D eigenvalue weighted by molar-refractivity contribution is -0.156. The summed E-state index contributed by atoms with van der Waals surface area (Å²) in [4.78, 5) is 24.6. The minimum Gasteiger partial charge on any atom is -0.461 e. The fourth-order valence-corrected chi connectivity index (χ4v) is 2.79. The Hall–Kier alpha value is -1.79. The lowest BCUT2D eigenvalue weighted by atomic mass is 10.1. The number of esters is 2. The molecule has 0 saturated carbocycles. The summed E-state index contributed by atoms with van der Waals surface area (Å²) in [6.45, 7) is 7.23. The first-order chi connectivity index (χ1) is 11.6. The molecule has 8 heteroatoms. The van der Waals surface area contributed by atoms with Gasteiger partial charge in [-0.3, -0.25) is 0 Å². The van der Waals surface area contributed by atoms with Gasteiger partial charge in [0, 0.05) is 11.4 Å². The van der Waals surface area contributed by atoms with E-state index in [-0.39, 0.29) is 18.7 Å². The molecule has 1 aromatic rings. The maximum atomic E-state index is 12.6. The zero-order valence-corrected chi connectivity index (χ0v) is 16.0. The number of anilines is 1. The quantitative estimate of drug-likeness (QED) is 0.735. The monoisotopic (exact) mass is 386 g/mol. The number of benzene rings is 1. The minimum absolute atomic E-state index is 0.0761. The van der Waals surface area contributed by atoms with Gasteiger partial charge in [0.25, 0.3) is 0 Å². The number of nitrogens with zero attached hydrogens (tertiary/aromatic N) is 2. The molecule has 1 aromatic carbocycles. The average molecular weight is 387 g/mol. The summed E-state index contributed by atoms with van der Waals surface area (Å²) in [6.07, 6.45) is 0.0761. The van der Waals surface area contributed by atoms with E-state index in [1.54, 1.807) is 45.9 Å². The average Bonchev–Trinajstić information content (AvgIpc) is 2.91. The Morgan fingerprint density at radius 2 is 2.00 bits per heavy atom. The lowest BCUT2D eigenvalue weighted by Gasteiger charge is -2.27. The fraction of sp³-hybridized carbons (Fsp3) is 0.471. The van der Waals surface area contributed by atoms with Crippen LogP contribution in [0, 0.1) is 0 Å². The second-order valence-corrected chi connectivity index (χ2v) is 7.30. The van der Waals surface area contributed by atoms with Crippen molar-refractivity contribution in [2.75, 3.05) is 11.6 Å². The Morgan fingerprint density at radius 3 is 2.56 bits per heavy atom. The zero-order valence-electron chi connectivity index (χ0n) is 14.5. The van der Waals surface area contributed by atoms with Crippen molar-refractivity contribution in [3.8, 4) is 0 Å². The van der Waals surface area contributed by atoms with Crippen molar-refractivity contribution in [3.05, 3.63) is 28.2 Å². The van der Waals surface area contributed by atoms with E-state index in [1.165, 1.54) is 5.01 Å². The van der Waals surface area contributed by atoms with Gasteiger partial charge in [0.05, 0.1) is 17.3 Å². The van der Waals surface area contributed by atoms with E-state index in [4.69, 9.17) is 32.7 Å². The third kappa shape index (κ3) is 4.86. The molecule has 1 atom stereocenters. The number of hydrogen-bond acceptors (Lipinski definition) is 6. The Labute approximate surface area is 156 Å². The topological polar surface area (TPSA) is 68.2 Å². The van der Waals surface area contributed by atoms with E-state index in [0.717, 1.165) is 0 Å². The summed E-state index contributed by atoms with van der Waals surface area (Å²) in [7, 11) is 0. The highest BCUT2D eigenvalue weighted by Crippen LogP contribution is 2.34. The molecular formula is C17H20Cl2N2O4. The summed E-state index contributed by atoms with van der Waals surface area (Å²) < 4.78 is 10.4. The van der Waals surface area contributed by atoms with Crippen molar-refractivity contribution in [3.63, 3.8) is 0 Å². The van der Waals surface area contributed by atoms with Gasteiger partial charge in [0.1, 0.15) is 11.3 Å². The molecule has 0 saturated heterocycles. The molecule has 0 N–H and O–H groups in total. The molecule has 0 aliphatic carbocycles. The molecule has 0 aromatic heterocycles. The lowest BCUT2D eigenvalue weighted by Crippen LogP contribution is -2.40. The zero-order chi connectivity index (χ0) is 18.8. The third-order valence-electron chi connectivity index (χ3n) is 3.26. The predicted octanol–water partition coefficient (Wildman–Crippen LogP) is 3.83. The van der Waals surface area contributed by atoms with Gasteiger partial charge in [-0.1, -0.05) is 23.2 Å². The van der Waals surface area contributed by atoms with Crippen LogP contribution in [-0.2, 0) is 19.1 Å². The number of halogens is 2. The molecule has 1 unspecified atom stereocenters. The number of hydrazone groups is 1. The van der Waals surface area contributed by atoms with Crippen molar-refractivity contribution in [2.24, 2.45) is 5.10 Å². The van der Waals surface area contributed by atoms with E-state index in [0.29, 0.717) is 15.7 Å². The summed E-state index contributed by atoms with van der Waals surface area (Å²) in [6, 6.07) is 4.01. The number of ether oxygens (including phenoxy) is 2. The second-order valence-electron chi connectivity index (χ2n) is 6.46. The highest BCUT2D eigenvalue weighted by molar-refractivity contribution is 6.39. The normalized spacial score (nSPS) is 17.3. The van der Waals surface area contributed by atoms with Crippen LogP contribution in [0.3, 0.4) is 0 Å². The van der Waals surface area contributed by atoms with Gasteiger partial charge in [-0.15, -0.1) is 0 Å². The van der Waals surface area contributed by atoms with Crippen LogP contribution in [0.5, 0.6) is 0 Å². The second kappa shape index (κ2) is 7.62. The van der Waals surface area contributed by atoms with Gasteiger partial charge in [-0.2, -0.15) is 5.10 Å². The highest BCUT2D eigenvalue weighted by atomic mass is 35.5. The third-order valence-corrected chi connectivity index (χ3v) is 3.79. The molecule has 1 aliphatic heterocycles. The van der Waals surface area contributed by atoms with Crippen molar-refractivity contribution in [1.82, 2.24) is 0 Å². The Kier molecular flexibility index (Phi) is 5.95. The Morgan fingerprint density at radius 1 is 1.32 bits per heavy atom. The van der Waals surface area contributed by atoms with Crippen LogP contribution in [0.2, 0.25) is 10.0 Å². The van der Waals surface area contributed by atoms with Crippen molar-refractivity contribution >= 4 is 46.5 Å². The molecule has 0 spiro atoms. The molecule has 1 aliphatic rings. The molecule has 6 nitrogen and oxygen atoms in total. The molecular weight excluding hydrogens is 367 g/mol. The van der Waals surface area contributed by atoms with Gasteiger partial charge in [-0.25, -0.2) is 14.6 Å². The van der Waals surface area contributed by atoms with E-state index in [9.17, 15) is 9.59 Å². The maximum absolute atomic E-state index is 12.6. The molecule has 0 amide bonds. The standard InChI is InChI=1S/C17H20Cl2N2O4/c1-5-24-15(22)12-9-14(16(23)25-17(2,3)4)21(20-12)13-7-6-10(18)8-11(13)19/h6-8,14H,5,9H2,1-4H3. The largest absolute Gasteiger partial charge is 0.461 e. The van der Waals surface area contributed by atoms with Crippen LogP contribution < -0.4 is 5.01 Å². The van der Waals surface area contributed by atoms with Crippen molar-refractivity contribution in [1.29, 1.82) is 0 Å². The molecule has 136 valence electrons. The minimum atomic E-state index is -0.808. The van der Waals surface area contributed by atoms with Gasteiger partial charge in [-0.05, 0) is 45.9 Å². The Balaban J connectivity index is 2.37. The van der Waals surface area contributed by atoms with Crippen molar-refractivity contribution in [2.45, 2.75) is 45.8 Å². The first kappa shape index (κ1) is 19.5. The predicted molar refractivity (Wildman–Crippen MR) is 97.3 cm³/mol. The van der Waals surface area contributed by atoms with E-state index in [1.807, 2.05) is 0 Å². The van der Waals surface area contributed by atoms with Gasteiger partial charge in [0.2, 0.25) is 0 Å². The van der Waals surface area contributed by atoms with Gasteiger partial charge >= 0.3 is 11.9 Å². The van der Waals surface area contributed by atoms with E-state index < -0.39 is 23.6 Å². The summed E-state index contributed by atoms with van der Waals surface area (Å²) in [5.41, 5.74) is -0.0656. The number of carbonyl (C=O) groups is 2. The maximum Gasteiger partial charge on any atom is 0.354 e. The molecule has 0 fully saturated rings. The SMILES string of the molecule is CCOC(=O)C1=NN(c2ccc(Cl)cc2Cl)C(C(=O)OC(C)(C)C)C1. The highest BCUT2D eigenvalue weighted by Gasteiger charge is 2.40. The van der Waals surface area contributed by atoms with Crippen LogP contribution in [0.4, 0.5) is 5.69 Å². The van der Waals surface area contributed by atoms with Crippen LogP contribution in [0.15, 0.2) is 23.3 Å². The fourth-order valence-electron chi connectivity index (χ4n) is 2.29. The van der Waals surface area contributed by atoms with Crippen LogP contribution >= 0.6 is 23.2 Å². The van der Waals surface area contributed by atoms with Crippen LogP contribution in [0.25, 0.3) is 0 Å². The molecule has 0 radical (unpaired) electrons. The molecule has 1 heterocycles. The van der Waals surface area contributed by atoms with E-state index in [2.05, 4.69) is 5.10 Å². The van der Waals surface area contributed by atoms with E-state index >= 15 is 0 Å². The van der Waals surface area contributed by atoms with Crippen LogP contribution in [-0.4, -0.2) is 35.9 Å². The first-order valence-corrected chi connectivity index (χ1v) is 8.59. The first-order valence-electron chi connectivity index (χ1n) is 7.84.